The van der Waals surface area contributed by atoms with E-state index in [1.54, 1.807) is 0 Å². The second kappa shape index (κ2) is 6.93. The van der Waals surface area contributed by atoms with Gasteiger partial charge in [0.15, 0.2) is 0 Å². The number of aromatic nitrogens is 1. The lowest BCUT2D eigenvalue weighted by Gasteiger charge is -2.21. The normalized spacial score (nSPS) is 26.4. The van der Waals surface area contributed by atoms with Gasteiger partial charge in [-0.3, -0.25) is 0 Å². The largest absolute Gasteiger partial charge is 0.477 e. The molecular formula is C18H24N2O. The molecule has 2 saturated carbocycles. The maximum Gasteiger partial charge on any atom is 0.213 e. The second-order valence-electron chi connectivity index (χ2n) is 6.58. The number of nitrogens with zero attached hydrogens (tertiary/aromatic N) is 2. The molecule has 2 unspecified atom stereocenters. The fraction of sp³-hybridized carbons (Fsp3) is 0.667. The van der Waals surface area contributed by atoms with Crippen molar-refractivity contribution in [3.63, 3.8) is 0 Å². The van der Waals surface area contributed by atoms with E-state index in [9.17, 15) is 0 Å². The quantitative estimate of drug-likeness (QED) is 0.820. The molecule has 1 aromatic rings. The molecule has 112 valence electrons. The van der Waals surface area contributed by atoms with Gasteiger partial charge in [-0.15, -0.1) is 0 Å². The zero-order valence-electron chi connectivity index (χ0n) is 12.6. The summed E-state index contributed by atoms with van der Waals surface area (Å²) in [5.74, 6) is 2.21. The van der Waals surface area contributed by atoms with Gasteiger partial charge in [0.25, 0.3) is 0 Å². The van der Waals surface area contributed by atoms with Crippen molar-refractivity contribution >= 4 is 0 Å². The molecule has 2 aliphatic rings. The fourth-order valence-corrected chi connectivity index (χ4v) is 3.68. The molecule has 0 amide bonds. The molecule has 0 saturated heterocycles. The first kappa shape index (κ1) is 14.4. The Labute approximate surface area is 127 Å². The second-order valence-corrected chi connectivity index (χ2v) is 6.58. The average Bonchev–Trinajstić information content (AvgIpc) is 3.03. The van der Waals surface area contributed by atoms with E-state index in [2.05, 4.69) is 17.1 Å². The standard InChI is InChI=1S/C18H24N2O/c19-11-15-6-7-16(10-15)17-8-9-18(20-12-17)21-13-14-4-2-1-3-5-14/h8-9,12,14-16H,1-7,10,13H2. The van der Waals surface area contributed by atoms with Gasteiger partial charge in [-0.2, -0.15) is 5.26 Å². The molecule has 2 atom stereocenters. The fourth-order valence-electron chi connectivity index (χ4n) is 3.68. The van der Waals surface area contributed by atoms with Crippen molar-refractivity contribution in [2.75, 3.05) is 6.61 Å². The van der Waals surface area contributed by atoms with Crippen LogP contribution in [0.25, 0.3) is 0 Å². The number of ether oxygens (including phenoxy) is 1. The van der Waals surface area contributed by atoms with Crippen LogP contribution in [0.2, 0.25) is 0 Å². The van der Waals surface area contributed by atoms with E-state index in [1.165, 1.54) is 37.7 Å². The van der Waals surface area contributed by atoms with E-state index < -0.39 is 0 Å². The zero-order chi connectivity index (χ0) is 14.5. The van der Waals surface area contributed by atoms with Crippen LogP contribution in [0.4, 0.5) is 0 Å². The maximum atomic E-state index is 8.98. The Kier molecular flexibility index (Phi) is 4.75. The van der Waals surface area contributed by atoms with E-state index in [1.807, 2.05) is 12.3 Å². The molecule has 0 aromatic carbocycles. The summed E-state index contributed by atoms with van der Waals surface area (Å²) in [5.41, 5.74) is 1.26. The Morgan fingerprint density at radius 3 is 2.67 bits per heavy atom. The van der Waals surface area contributed by atoms with Crippen LogP contribution in [0.5, 0.6) is 5.88 Å². The Morgan fingerprint density at radius 1 is 1.14 bits per heavy atom. The number of rotatable bonds is 4. The van der Waals surface area contributed by atoms with Crippen LogP contribution < -0.4 is 4.74 Å². The third-order valence-corrected chi connectivity index (χ3v) is 5.04. The van der Waals surface area contributed by atoms with Gasteiger partial charge in [-0.1, -0.05) is 25.3 Å². The smallest absolute Gasteiger partial charge is 0.213 e. The van der Waals surface area contributed by atoms with Gasteiger partial charge >= 0.3 is 0 Å². The molecule has 1 aromatic heterocycles. The van der Waals surface area contributed by atoms with Gasteiger partial charge < -0.3 is 4.74 Å². The number of pyridine rings is 1. The maximum absolute atomic E-state index is 8.98. The van der Waals surface area contributed by atoms with E-state index in [0.29, 0.717) is 11.8 Å². The summed E-state index contributed by atoms with van der Waals surface area (Å²) in [6, 6.07) is 6.52. The molecule has 0 aliphatic heterocycles. The SMILES string of the molecule is N#CC1CCC(c2ccc(OCC3CCCCC3)nc2)C1. The summed E-state index contributed by atoms with van der Waals surface area (Å²) in [4.78, 5) is 4.45. The Morgan fingerprint density at radius 2 is 2.00 bits per heavy atom. The molecular weight excluding hydrogens is 260 g/mol. The van der Waals surface area contributed by atoms with Crippen molar-refractivity contribution in [1.82, 2.24) is 4.98 Å². The lowest BCUT2D eigenvalue weighted by Crippen LogP contribution is -2.15. The molecule has 0 radical (unpaired) electrons. The van der Waals surface area contributed by atoms with Crippen LogP contribution in [-0.2, 0) is 0 Å². The summed E-state index contributed by atoms with van der Waals surface area (Å²) in [7, 11) is 0. The van der Waals surface area contributed by atoms with Crippen LogP contribution >= 0.6 is 0 Å². The van der Waals surface area contributed by atoms with Gasteiger partial charge in [0.2, 0.25) is 5.88 Å². The third kappa shape index (κ3) is 3.75. The minimum absolute atomic E-state index is 0.234. The molecule has 2 aliphatic carbocycles. The highest BCUT2D eigenvalue weighted by Gasteiger charge is 2.25. The van der Waals surface area contributed by atoms with Gasteiger partial charge in [0, 0.05) is 18.2 Å². The van der Waals surface area contributed by atoms with Gasteiger partial charge in [-0.25, -0.2) is 4.98 Å². The topological polar surface area (TPSA) is 45.9 Å². The molecule has 0 N–H and O–H groups in total. The first-order chi connectivity index (χ1) is 10.3. The molecule has 1 heterocycles. The average molecular weight is 284 g/mol. The predicted octanol–water partition coefficient (Wildman–Crippen LogP) is 4.45. The van der Waals surface area contributed by atoms with Crippen molar-refractivity contribution < 1.29 is 4.74 Å². The van der Waals surface area contributed by atoms with Crippen LogP contribution in [0.3, 0.4) is 0 Å². The molecule has 0 bridgehead atoms. The van der Waals surface area contributed by atoms with E-state index in [4.69, 9.17) is 10.00 Å². The lowest BCUT2D eigenvalue weighted by atomic mass is 9.90. The predicted molar refractivity (Wildman–Crippen MR) is 82.0 cm³/mol. The summed E-state index contributed by atoms with van der Waals surface area (Å²) in [5, 5.41) is 8.98. The Hall–Kier alpha value is -1.56. The van der Waals surface area contributed by atoms with Crippen LogP contribution in [0, 0.1) is 23.2 Å². The zero-order valence-corrected chi connectivity index (χ0v) is 12.6. The van der Waals surface area contributed by atoms with E-state index in [-0.39, 0.29) is 5.92 Å². The summed E-state index contributed by atoms with van der Waals surface area (Å²) < 4.78 is 5.84. The molecule has 3 heteroatoms. The van der Waals surface area contributed by atoms with Crippen LogP contribution in [0.1, 0.15) is 62.8 Å². The molecule has 0 spiro atoms. The Bertz CT molecular complexity index is 485. The minimum Gasteiger partial charge on any atom is -0.477 e. The molecule has 3 nitrogen and oxygen atoms in total. The summed E-state index contributed by atoms with van der Waals surface area (Å²) in [6.45, 7) is 0.812. The van der Waals surface area contributed by atoms with Crippen molar-refractivity contribution in [3.05, 3.63) is 23.9 Å². The highest BCUT2D eigenvalue weighted by Crippen LogP contribution is 2.37. The van der Waals surface area contributed by atoms with Crippen molar-refractivity contribution in [3.8, 4) is 11.9 Å². The van der Waals surface area contributed by atoms with Crippen LogP contribution in [-0.4, -0.2) is 11.6 Å². The monoisotopic (exact) mass is 284 g/mol. The molecule has 2 fully saturated rings. The first-order valence-electron chi connectivity index (χ1n) is 8.33. The minimum atomic E-state index is 0.234. The first-order valence-corrected chi connectivity index (χ1v) is 8.33. The molecule has 3 rings (SSSR count). The van der Waals surface area contributed by atoms with E-state index >= 15 is 0 Å². The Balaban J connectivity index is 1.51. The summed E-state index contributed by atoms with van der Waals surface area (Å²) >= 11 is 0. The van der Waals surface area contributed by atoms with Gasteiger partial charge in [-0.05, 0) is 49.5 Å². The van der Waals surface area contributed by atoms with Crippen molar-refractivity contribution in [1.29, 1.82) is 5.26 Å². The third-order valence-electron chi connectivity index (χ3n) is 5.04. The highest BCUT2D eigenvalue weighted by molar-refractivity contribution is 5.22. The summed E-state index contributed by atoms with van der Waals surface area (Å²) in [6.07, 6.45) is 11.8. The highest BCUT2D eigenvalue weighted by atomic mass is 16.5. The van der Waals surface area contributed by atoms with Crippen molar-refractivity contribution in [2.45, 2.75) is 57.3 Å². The number of nitriles is 1. The van der Waals surface area contributed by atoms with Gasteiger partial charge in [0.05, 0.1) is 12.7 Å². The van der Waals surface area contributed by atoms with Crippen LogP contribution in [0.15, 0.2) is 18.3 Å². The lowest BCUT2D eigenvalue weighted by molar-refractivity contribution is 0.203. The van der Waals surface area contributed by atoms with Crippen molar-refractivity contribution in [2.24, 2.45) is 11.8 Å². The van der Waals surface area contributed by atoms with E-state index in [0.717, 1.165) is 31.7 Å². The van der Waals surface area contributed by atoms with Gasteiger partial charge in [0.1, 0.15) is 0 Å². The number of hydrogen-bond donors (Lipinski definition) is 0. The number of hydrogen-bond acceptors (Lipinski definition) is 3. The molecule has 21 heavy (non-hydrogen) atoms.